The lowest BCUT2D eigenvalue weighted by Crippen LogP contribution is -2.15. The van der Waals surface area contributed by atoms with Crippen LogP contribution in [0.2, 0.25) is 0 Å². The van der Waals surface area contributed by atoms with Crippen LogP contribution in [0.25, 0.3) is 10.9 Å². The fourth-order valence-corrected chi connectivity index (χ4v) is 2.84. The van der Waals surface area contributed by atoms with Crippen LogP contribution in [0, 0.1) is 17.0 Å². The number of aromatic nitrogens is 3. The average Bonchev–Trinajstić information content (AvgIpc) is 2.86. The highest BCUT2D eigenvalue weighted by atomic mass is 79.9. The summed E-state index contributed by atoms with van der Waals surface area (Å²) < 4.78 is 2.15. The second kappa shape index (κ2) is 6.00. The number of amides is 1. The third kappa shape index (κ3) is 2.62. The summed E-state index contributed by atoms with van der Waals surface area (Å²) in [6.07, 6.45) is 1.61. The van der Waals surface area contributed by atoms with E-state index in [0.29, 0.717) is 16.9 Å². The Bertz CT molecular complexity index is 983. The van der Waals surface area contributed by atoms with E-state index in [1.807, 2.05) is 6.07 Å². The maximum absolute atomic E-state index is 12.5. The first-order valence-corrected chi connectivity index (χ1v) is 7.72. The first-order chi connectivity index (χ1) is 11.4. The Kier molecular flexibility index (Phi) is 4.02. The average molecular weight is 390 g/mol. The van der Waals surface area contributed by atoms with Crippen molar-refractivity contribution in [2.45, 2.75) is 6.92 Å². The Morgan fingerprint density at radius 2 is 2.12 bits per heavy atom. The molecule has 0 atom stereocenters. The number of nitro groups is 1. The number of pyridine rings is 1. The Balaban J connectivity index is 2.05. The van der Waals surface area contributed by atoms with Crippen LogP contribution in [0.4, 0.5) is 11.4 Å². The van der Waals surface area contributed by atoms with E-state index in [1.54, 1.807) is 38.4 Å². The number of halogens is 1. The van der Waals surface area contributed by atoms with E-state index in [2.05, 4.69) is 31.3 Å². The number of carbonyl (C=O) groups is 1. The summed E-state index contributed by atoms with van der Waals surface area (Å²) in [5.41, 5.74) is 0.812. The molecule has 24 heavy (non-hydrogen) atoms. The molecule has 0 saturated carbocycles. The van der Waals surface area contributed by atoms with Crippen molar-refractivity contribution in [2.75, 3.05) is 5.32 Å². The number of aryl methyl sites for hydroxylation is 1. The minimum Gasteiger partial charge on any atom is -0.318 e. The van der Waals surface area contributed by atoms with Crippen molar-refractivity contribution in [1.29, 1.82) is 0 Å². The van der Waals surface area contributed by atoms with Gasteiger partial charge < -0.3 is 5.32 Å². The summed E-state index contributed by atoms with van der Waals surface area (Å²) in [6, 6.07) is 7.09. The molecule has 0 aliphatic carbocycles. The summed E-state index contributed by atoms with van der Waals surface area (Å²) in [5, 5.41) is 18.7. The number of nitrogens with zero attached hydrogens (tertiary/aromatic N) is 4. The third-order valence-corrected chi connectivity index (χ3v) is 4.36. The van der Waals surface area contributed by atoms with Crippen molar-refractivity contribution in [3.05, 3.63) is 56.4 Å². The van der Waals surface area contributed by atoms with Gasteiger partial charge in [0.15, 0.2) is 0 Å². The molecular formula is C15H12BrN5O3. The number of carbonyl (C=O) groups excluding carboxylic acids is 1. The topological polar surface area (TPSA) is 103 Å². The number of nitrogens with one attached hydrogen (secondary N) is 1. The highest BCUT2D eigenvalue weighted by molar-refractivity contribution is 9.10. The van der Waals surface area contributed by atoms with Gasteiger partial charge in [-0.3, -0.25) is 24.6 Å². The SMILES string of the molecule is Cc1c([N+](=O)[O-])c(C(=O)Nc2ccc(Br)c3cccnc23)nn1C. The summed E-state index contributed by atoms with van der Waals surface area (Å²) >= 11 is 3.43. The van der Waals surface area contributed by atoms with E-state index in [1.165, 1.54) is 4.68 Å². The Morgan fingerprint density at radius 1 is 1.38 bits per heavy atom. The van der Waals surface area contributed by atoms with E-state index >= 15 is 0 Å². The lowest BCUT2D eigenvalue weighted by Gasteiger charge is -2.08. The van der Waals surface area contributed by atoms with Crippen LogP contribution in [0.5, 0.6) is 0 Å². The molecule has 0 radical (unpaired) electrons. The van der Waals surface area contributed by atoms with Crippen LogP contribution in [0.3, 0.4) is 0 Å². The van der Waals surface area contributed by atoms with Gasteiger partial charge in [-0.15, -0.1) is 0 Å². The molecular weight excluding hydrogens is 378 g/mol. The van der Waals surface area contributed by atoms with Gasteiger partial charge >= 0.3 is 5.69 Å². The first-order valence-electron chi connectivity index (χ1n) is 6.92. The Labute approximate surface area is 144 Å². The van der Waals surface area contributed by atoms with Crippen molar-refractivity contribution < 1.29 is 9.72 Å². The summed E-state index contributed by atoms with van der Waals surface area (Å²) in [5.74, 6) is -0.653. The molecule has 0 aliphatic heterocycles. The highest BCUT2D eigenvalue weighted by Crippen LogP contribution is 2.29. The van der Waals surface area contributed by atoms with Gasteiger partial charge in [0, 0.05) is 23.1 Å². The van der Waals surface area contributed by atoms with E-state index in [0.717, 1.165) is 9.86 Å². The van der Waals surface area contributed by atoms with Crippen LogP contribution in [0.1, 0.15) is 16.2 Å². The molecule has 3 rings (SSSR count). The predicted octanol–water partition coefficient (Wildman–Crippen LogP) is 3.20. The lowest BCUT2D eigenvalue weighted by molar-refractivity contribution is -0.385. The largest absolute Gasteiger partial charge is 0.322 e. The second-order valence-corrected chi connectivity index (χ2v) is 5.97. The van der Waals surface area contributed by atoms with Crippen LogP contribution >= 0.6 is 15.9 Å². The Hall–Kier alpha value is -2.81. The molecule has 0 fully saturated rings. The van der Waals surface area contributed by atoms with Crippen molar-refractivity contribution in [3.63, 3.8) is 0 Å². The molecule has 1 amide bonds. The Morgan fingerprint density at radius 3 is 2.83 bits per heavy atom. The van der Waals surface area contributed by atoms with Crippen molar-refractivity contribution >= 4 is 44.1 Å². The standard InChI is InChI=1S/C15H12BrN5O3/c1-8-14(21(23)24)13(19-20(8)2)15(22)18-11-6-5-10(16)9-4-3-7-17-12(9)11/h3-7H,1-2H3,(H,18,22). The van der Waals surface area contributed by atoms with Crippen LogP contribution < -0.4 is 5.32 Å². The van der Waals surface area contributed by atoms with Gasteiger partial charge in [0.1, 0.15) is 5.69 Å². The predicted molar refractivity (Wildman–Crippen MR) is 92.0 cm³/mol. The monoisotopic (exact) mass is 389 g/mol. The maximum atomic E-state index is 12.5. The number of fused-ring (bicyclic) bond motifs is 1. The molecule has 1 aromatic carbocycles. The lowest BCUT2D eigenvalue weighted by atomic mass is 10.2. The summed E-state index contributed by atoms with van der Waals surface area (Å²) in [4.78, 5) is 27.4. The molecule has 0 spiro atoms. The summed E-state index contributed by atoms with van der Waals surface area (Å²) in [6.45, 7) is 1.54. The van der Waals surface area contributed by atoms with Gasteiger partial charge in [0.25, 0.3) is 5.91 Å². The van der Waals surface area contributed by atoms with E-state index in [4.69, 9.17) is 0 Å². The fourth-order valence-electron chi connectivity index (χ4n) is 2.39. The molecule has 3 aromatic rings. The fraction of sp³-hybridized carbons (Fsp3) is 0.133. The van der Waals surface area contributed by atoms with E-state index in [9.17, 15) is 14.9 Å². The highest BCUT2D eigenvalue weighted by Gasteiger charge is 2.29. The molecule has 0 saturated heterocycles. The van der Waals surface area contributed by atoms with Gasteiger partial charge in [-0.05, 0) is 25.1 Å². The zero-order valence-corrected chi connectivity index (χ0v) is 14.4. The van der Waals surface area contributed by atoms with Crippen molar-refractivity contribution in [3.8, 4) is 0 Å². The zero-order valence-electron chi connectivity index (χ0n) is 12.8. The number of anilines is 1. The maximum Gasteiger partial charge on any atom is 0.322 e. The van der Waals surface area contributed by atoms with Gasteiger partial charge in [-0.25, -0.2) is 0 Å². The molecule has 0 unspecified atom stereocenters. The molecule has 1 N–H and O–H groups in total. The molecule has 8 nitrogen and oxygen atoms in total. The van der Waals surface area contributed by atoms with Gasteiger partial charge in [0.05, 0.1) is 16.1 Å². The normalized spacial score (nSPS) is 10.8. The molecule has 2 aromatic heterocycles. The van der Waals surface area contributed by atoms with E-state index < -0.39 is 10.8 Å². The second-order valence-electron chi connectivity index (χ2n) is 5.11. The van der Waals surface area contributed by atoms with Crippen LogP contribution in [-0.4, -0.2) is 25.6 Å². The number of rotatable bonds is 3. The molecule has 0 bridgehead atoms. The minimum absolute atomic E-state index is 0.230. The third-order valence-electron chi connectivity index (χ3n) is 3.66. The minimum atomic E-state index is -0.653. The molecule has 0 aliphatic rings. The van der Waals surface area contributed by atoms with E-state index in [-0.39, 0.29) is 11.4 Å². The van der Waals surface area contributed by atoms with Crippen molar-refractivity contribution in [1.82, 2.24) is 14.8 Å². The smallest absolute Gasteiger partial charge is 0.318 e. The quantitative estimate of drug-likeness (QED) is 0.547. The number of hydrogen-bond acceptors (Lipinski definition) is 5. The zero-order chi connectivity index (χ0) is 17.4. The van der Waals surface area contributed by atoms with Crippen LogP contribution in [0.15, 0.2) is 34.9 Å². The summed E-state index contributed by atoms with van der Waals surface area (Å²) in [7, 11) is 1.55. The molecule has 122 valence electrons. The van der Waals surface area contributed by atoms with Gasteiger partial charge in [-0.1, -0.05) is 22.0 Å². The molecule has 9 heteroatoms. The number of benzene rings is 1. The first kappa shape index (κ1) is 16.1. The van der Waals surface area contributed by atoms with Gasteiger partial charge in [-0.2, -0.15) is 5.10 Å². The number of hydrogen-bond donors (Lipinski definition) is 1. The molecule has 2 heterocycles. The van der Waals surface area contributed by atoms with Crippen LogP contribution in [-0.2, 0) is 7.05 Å². The van der Waals surface area contributed by atoms with Crippen molar-refractivity contribution in [2.24, 2.45) is 7.05 Å². The van der Waals surface area contributed by atoms with Gasteiger partial charge in [0.2, 0.25) is 5.69 Å².